The van der Waals surface area contributed by atoms with Gasteiger partial charge >= 0.3 is 0 Å². The normalized spacial score (nSPS) is 13.9. The van der Waals surface area contributed by atoms with Crippen LogP contribution in [0.3, 0.4) is 0 Å². The summed E-state index contributed by atoms with van der Waals surface area (Å²) in [7, 11) is 2.17. The Hall–Kier alpha value is -4.84. The van der Waals surface area contributed by atoms with E-state index in [0.29, 0.717) is 29.0 Å². The number of aromatic nitrogens is 3. The number of likely N-dealkylation sites (N-methyl/N-ethyl adjacent to an activating group) is 1. The van der Waals surface area contributed by atoms with E-state index in [1.807, 2.05) is 47.9 Å². The molecule has 1 N–H and O–H groups in total. The van der Waals surface area contributed by atoms with Crippen LogP contribution in [-0.4, -0.2) is 63.2 Å². The molecule has 1 aliphatic rings. The predicted molar refractivity (Wildman–Crippen MR) is 172 cm³/mol. The van der Waals surface area contributed by atoms with Crippen LogP contribution in [0, 0.1) is 31.5 Å². The second kappa shape index (κ2) is 12.8. The molecule has 0 atom stereocenters. The molecule has 6 rings (SSSR count). The lowest BCUT2D eigenvalue weighted by atomic mass is 9.96. The molecule has 4 heterocycles. The Morgan fingerprint density at radius 3 is 2.59 bits per heavy atom. The number of nitrogens with one attached hydrogen (secondary N) is 1. The second-order valence-electron chi connectivity index (χ2n) is 11.4. The first-order chi connectivity index (χ1) is 21.3. The van der Waals surface area contributed by atoms with E-state index in [9.17, 15) is 9.18 Å². The molecule has 222 valence electrons. The first kappa shape index (κ1) is 29.2. The van der Waals surface area contributed by atoms with Gasteiger partial charge in [0.2, 0.25) is 0 Å². The molecule has 1 saturated heterocycles. The van der Waals surface area contributed by atoms with Gasteiger partial charge in [-0.25, -0.2) is 14.4 Å². The number of benzene rings is 2. The Morgan fingerprint density at radius 1 is 0.955 bits per heavy atom. The number of ketones is 1. The van der Waals surface area contributed by atoms with Crippen molar-refractivity contribution >= 4 is 22.9 Å². The van der Waals surface area contributed by atoms with Crippen molar-refractivity contribution in [1.82, 2.24) is 24.2 Å². The molecule has 1 aliphatic heterocycles. The molecule has 0 unspecified atom stereocenters. The van der Waals surface area contributed by atoms with Crippen LogP contribution < -0.4 is 5.32 Å². The average molecular weight is 587 g/mol. The fraction of sp³-hybridized carbons (Fsp3) is 0.250. The van der Waals surface area contributed by atoms with E-state index < -0.39 is 5.82 Å². The van der Waals surface area contributed by atoms with Crippen LogP contribution in [-0.2, 0) is 13.0 Å². The second-order valence-corrected chi connectivity index (χ2v) is 11.4. The Bertz CT molecular complexity index is 1890. The van der Waals surface area contributed by atoms with Crippen molar-refractivity contribution in [3.05, 3.63) is 124 Å². The summed E-state index contributed by atoms with van der Waals surface area (Å²) in [5.74, 6) is 6.19. The average Bonchev–Trinajstić information content (AvgIpc) is 3.44. The number of nitrogens with zero attached hydrogens (tertiary/aromatic N) is 5. The van der Waals surface area contributed by atoms with Crippen molar-refractivity contribution in [2.75, 3.05) is 38.5 Å². The van der Waals surface area contributed by atoms with Crippen molar-refractivity contribution in [3.8, 4) is 11.8 Å². The molecule has 2 aromatic carbocycles. The summed E-state index contributed by atoms with van der Waals surface area (Å²) in [5, 5.41) is 3.02. The van der Waals surface area contributed by atoms with Gasteiger partial charge in [-0.1, -0.05) is 36.3 Å². The van der Waals surface area contributed by atoms with Crippen LogP contribution in [0.1, 0.15) is 43.9 Å². The molecule has 0 aliphatic carbocycles. The van der Waals surface area contributed by atoms with E-state index >= 15 is 0 Å². The van der Waals surface area contributed by atoms with Crippen LogP contribution in [0.5, 0.6) is 0 Å². The minimum atomic E-state index is -0.445. The molecule has 3 aromatic heterocycles. The first-order valence-electron chi connectivity index (χ1n) is 14.8. The third-order valence-corrected chi connectivity index (χ3v) is 8.19. The largest absolute Gasteiger partial charge is 0.335 e. The van der Waals surface area contributed by atoms with Crippen molar-refractivity contribution in [2.24, 2.45) is 0 Å². The predicted octanol–water partition coefficient (Wildman–Crippen LogP) is 5.80. The summed E-state index contributed by atoms with van der Waals surface area (Å²) in [6.07, 6.45) is 5.41. The SMILES string of the molecule is Cc1ccc(C(=O)Cc2ccc(CN3CCN(C)CC3)c(C)c2)cc1C#Cc1cnc2c(Nc3ncccc3F)cccn12. The highest BCUT2D eigenvalue weighted by molar-refractivity contribution is 5.98. The van der Waals surface area contributed by atoms with Gasteiger partial charge in [0.1, 0.15) is 5.69 Å². The Labute approximate surface area is 257 Å². The molecule has 0 amide bonds. The number of rotatable bonds is 7. The van der Waals surface area contributed by atoms with Gasteiger partial charge in [-0.15, -0.1) is 0 Å². The maximum Gasteiger partial charge on any atom is 0.167 e. The fourth-order valence-corrected chi connectivity index (χ4v) is 5.45. The zero-order valence-corrected chi connectivity index (χ0v) is 25.3. The molecule has 1 fully saturated rings. The van der Waals surface area contributed by atoms with E-state index in [1.165, 1.54) is 23.4 Å². The van der Waals surface area contributed by atoms with E-state index in [1.54, 1.807) is 12.3 Å². The number of anilines is 2. The number of piperazine rings is 1. The number of imidazole rings is 1. The van der Waals surface area contributed by atoms with Gasteiger partial charge < -0.3 is 10.2 Å². The molecule has 0 saturated carbocycles. The van der Waals surface area contributed by atoms with Crippen LogP contribution in [0.2, 0.25) is 0 Å². The number of hydrogen-bond acceptors (Lipinski definition) is 6. The van der Waals surface area contributed by atoms with Gasteiger partial charge in [0.25, 0.3) is 0 Å². The van der Waals surface area contributed by atoms with Crippen LogP contribution in [0.4, 0.5) is 15.9 Å². The standard InChI is InChI=1S/C36H35FN6O/c1-25-8-10-29(34(44)21-27-9-11-30(26(2)20-27)24-42-18-16-41(3)17-19-42)22-28(25)12-13-31-23-39-36-33(7-5-15-43(31)36)40-35-32(37)6-4-14-38-35/h4-11,14-15,20,22-23H,16-19,21,24H2,1-3H3,(H,38,40). The van der Waals surface area contributed by atoms with Crippen molar-refractivity contribution < 1.29 is 9.18 Å². The Morgan fingerprint density at radius 2 is 1.80 bits per heavy atom. The maximum atomic E-state index is 14.2. The van der Waals surface area contributed by atoms with Crippen molar-refractivity contribution in [3.63, 3.8) is 0 Å². The highest BCUT2D eigenvalue weighted by Crippen LogP contribution is 2.23. The maximum absolute atomic E-state index is 14.2. The number of fused-ring (bicyclic) bond motifs is 1. The Kier molecular flexibility index (Phi) is 8.51. The summed E-state index contributed by atoms with van der Waals surface area (Å²) in [4.78, 5) is 26.8. The first-order valence-corrected chi connectivity index (χ1v) is 14.8. The number of halogens is 1. The molecular formula is C36H35FN6O. The molecule has 5 aromatic rings. The van der Waals surface area contributed by atoms with Crippen molar-refractivity contribution in [1.29, 1.82) is 0 Å². The number of aryl methyl sites for hydroxylation is 2. The molecule has 0 bridgehead atoms. The van der Waals surface area contributed by atoms with E-state index in [-0.39, 0.29) is 11.6 Å². The third-order valence-electron chi connectivity index (χ3n) is 8.19. The van der Waals surface area contributed by atoms with Gasteiger partial charge in [0, 0.05) is 62.7 Å². The van der Waals surface area contributed by atoms with Gasteiger partial charge in [-0.2, -0.15) is 0 Å². The number of hydrogen-bond donors (Lipinski definition) is 1. The molecule has 44 heavy (non-hydrogen) atoms. The molecular weight excluding hydrogens is 551 g/mol. The third kappa shape index (κ3) is 6.55. The number of pyridine rings is 2. The minimum absolute atomic E-state index is 0.0616. The van der Waals surface area contributed by atoms with Crippen molar-refractivity contribution in [2.45, 2.75) is 26.8 Å². The smallest absolute Gasteiger partial charge is 0.167 e. The highest BCUT2D eigenvalue weighted by Gasteiger charge is 2.16. The van der Waals surface area contributed by atoms with Crippen LogP contribution in [0.25, 0.3) is 5.65 Å². The van der Waals surface area contributed by atoms with Gasteiger partial charge in [0.15, 0.2) is 23.1 Å². The number of carbonyl (C=O) groups excluding carboxylic acids is 1. The summed E-state index contributed by atoms with van der Waals surface area (Å²) in [6, 6.07) is 18.7. The fourth-order valence-electron chi connectivity index (χ4n) is 5.45. The number of carbonyl (C=O) groups is 1. The number of Topliss-reactive ketones (excluding diaryl/α,β-unsaturated/α-hetero) is 1. The summed E-state index contributed by atoms with van der Waals surface area (Å²) < 4.78 is 16.0. The van der Waals surface area contributed by atoms with Crippen LogP contribution >= 0.6 is 0 Å². The van der Waals surface area contributed by atoms with E-state index in [0.717, 1.165) is 49.4 Å². The topological polar surface area (TPSA) is 65.8 Å². The molecule has 0 spiro atoms. The van der Waals surface area contributed by atoms with Crippen LogP contribution in [0.15, 0.2) is 79.3 Å². The van der Waals surface area contributed by atoms with Gasteiger partial charge in [-0.3, -0.25) is 14.1 Å². The summed E-state index contributed by atoms with van der Waals surface area (Å²) in [5.41, 5.74) is 7.86. The lowest BCUT2D eigenvalue weighted by molar-refractivity contribution is 0.0993. The zero-order valence-electron chi connectivity index (χ0n) is 25.3. The van der Waals surface area contributed by atoms with Gasteiger partial charge in [-0.05, 0) is 79.4 Å². The Balaban J connectivity index is 1.17. The molecule has 0 radical (unpaired) electrons. The lowest BCUT2D eigenvalue weighted by Gasteiger charge is -2.32. The lowest BCUT2D eigenvalue weighted by Crippen LogP contribution is -2.43. The van der Waals surface area contributed by atoms with Gasteiger partial charge in [0.05, 0.1) is 11.9 Å². The summed E-state index contributed by atoms with van der Waals surface area (Å²) in [6.45, 7) is 9.42. The molecule has 7 nitrogen and oxygen atoms in total. The van der Waals surface area contributed by atoms with E-state index in [4.69, 9.17) is 0 Å². The quantitative estimate of drug-likeness (QED) is 0.192. The summed E-state index contributed by atoms with van der Waals surface area (Å²) >= 11 is 0. The molecule has 8 heteroatoms. The zero-order chi connectivity index (χ0) is 30.6. The highest BCUT2D eigenvalue weighted by atomic mass is 19.1. The minimum Gasteiger partial charge on any atom is -0.335 e. The monoisotopic (exact) mass is 586 g/mol. The van der Waals surface area contributed by atoms with E-state index in [2.05, 4.69) is 69.1 Å².